The Labute approximate surface area is 202 Å². The van der Waals surface area contributed by atoms with Crippen molar-refractivity contribution in [1.82, 2.24) is 0 Å². The van der Waals surface area contributed by atoms with Gasteiger partial charge in [-0.1, -0.05) is 83.7 Å². The Hall–Kier alpha value is -0.940. The first-order valence-electron chi connectivity index (χ1n) is 13.3. The highest BCUT2D eigenvalue weighted by Crippen LogP contribution is 2.59. The number of ether oxygens (including phenoxy) is 4. The van der Waals surface area contributed by atoms with E-state index in [9.17, 15) is 0 Å². The van der Waals surface area contributed by atoms with Gasteiger partial charge in [0.1, 0.15) is 6.79 Å². The Morgan fingerprint density at radius 3 is 2.52 bits per heavy atom. The summed E-state index contributed by atoms with van der Waals surface area (Å²) in [4.78, 5) is 0. The third-order valence-corrected chi connectivity index (χ3v) is 8.33. The molecule has 0 spiro atoms. The molecule has 2 fully saturated rings. The summed E-state index contributed by atoms with van der Waals surface area (Å²) < 4.78 is 23.9. The Morgan fingerprint density at radius 2 is 1.79 bits per heavy atom. The summed E-state index contributed by atoms with van der Waals surface area (Å²) in [6.45, 7) is 11.9. The van der Waals surface area contributed by atoms with Crippen molar-refractivity contribution >= 4 is 0 Å². The van der Waals surface area contributed by atoms with Crippen LogP contribution in [0.3, 0.4) is 0 Å². The molecule has 0 amide bonds. The molecule has 4 heteroatoms. The topological polar surface area (TPSA) is 36.9 Å². The summed E-state index contributed by atoms with van der Waals surface area (Å²) >= 11 is 0. The van der Waals surface area contributed by atoms with E-state index in [1.807, 2.05) is 0 Å². The van der Waals surface area contributed by atoms with Gasteiger partial charge in [-0.2, -0.15) is 0 Å². The Balaban J connectivity index is 1.69. The summed E-state index contributed by atoms with van der Waals surface area (Å²) in [6, 6.07) is 10.6. The van der Waals surface area contributed by atoms with E-state index in [1.54, 1.807) is 7.11 Å². The van der Waals surface area contributed by atoms with Crippen molar-refractivity contribution < 1.29 is 18.9 Å². The van der Waals surface area contributed by atoms with Crippen LogP contribution in [-0.4, -0.2) is 39.3 Å². The standard InChI is InChI=1S/C29H48O4/c1-22(2)11-9-12-23(3)25-19-27(33-21-31-18-17-30-5)28-26(15-10-16-29(25,28)4)32-20-24-13-7-6-8-14-24/h6-8,13-14,22-23,25-28H,9-12,15-21H2,1-5H3/t23-,25-,26-,27+,28-,29-/m1/s1. The molecular formula is C29H48O4. The minimum absolute atomic E-state index is 0.205. The fourth-order valence-electron chi connectivity index (χ4n) is 6.62. The Bertz CT molecular complexity index is 663. The van der Waals surface area contributed by atoms with Gasteiger partial charge in [0, 0.05) is 13.0 Å². The van der Waals surface area contributed by atoms with Crippen LogP contribution >= 0.6 is 0 Å². The zero-order valence-corrected chi connectivity index (χ0v) is 21.8. The average Bonchev–Trinajstić information content (AvgIpc) is 3.10. The van der Waals surface area contributed by atoms with Crippen LogP contribution in [0.4, 0.5) is 0 Å². The van der Waals surface area contributed by atoms with Gasteiger partial charge in [0.05, 0.1) is 32.0 Å². The predicted octanol–water partition coefficient (Wildman–Crippen LogP) is 6.87. The lowest BCUT2D eigenvalue weighted by Gasteiger charge is -2.47. The number of hydrogen-bond donors (Lipinski definition) is 0. The molecule has 0 saturated heterocycles. The third kappa shape index (κ3) is 7.27. The molecule has 6 atom stereocenters. The lowest BCUT2D eigenvalue weighted by atomic mass is 9.61. The summed E-state index contributed by atoms with van der Waals surface area (Å²) in [7, 11) is 1.70. The fraction of sp³-hybridized carbons (Fsp3) is 0.793. The van der Waals surface area contributed by atoms with Crippen molar-refractivity contribution in [2.45, 2.75) is 91.5 Å². The second-order valence-electron chi connectivity index (χ2n) is 11.1. The lowest BCUT2D eigenvalue weighted by molar-refractivity contribution is -0.151. The van der Waals surface area contributed by atoms with E-state index in [0.717, 1.165) is 18.8 Å². The van der Waals surface area contributed by atoms with Crippen LogP contribution in [-0.2, 0) is 25.6 Å². The zero-order chi connectivity index (χ0) is 23.7. The molecule has 2 saturated carbocycles. The van der Waals surface area contributed by atoms with Gasteiger partial charge in [-0.05, 0) is 48.0 Å². The number of methoxy groups -OCH3 is 1. The Kier molecular flexibility index (Phi) is 10.7. The molecule has 0 aromatic heterocycles. The fourth-order valence-corrected chi connectivity index (χ4v) is 6.62. The molecule has 0 heterocycles. The van der Waals surface area contributed by atoms with Crippen LogP contribution in [0.25, 0.3) is 0 Å². The largest absolute Gasteiger partial charge is 0.382 e. The van der Waals surface area contributed by atoms with Crippen molar-refractivity contribution in [3.05, 3.63) is 35.9 Å². The van der Waals surface area contributed by atoms with E-state index in [4.69, 9.17) is 18.9 Å². The highest BCUT2D eigenvalue weighted by Gasteiger charge is 2.58. The maximum atomic E-state index is 6.62. The molecule has 0 radical (unpaired) electrons. The molecule has 1 aromatic carbocycles. The van der Waals surface area contributed by atoms with Gasteiger partial charge in [-0.15, -0.1) is 0 Å². The first kappa shape index (κ1) is 26.7. The highest BCUT2D eigenvalue weighted by atomic mass is 16.7. The summed E-state index contributed by atoms with van der Waals surface area (Å²) in [6.07, 6.45) is 9.22. The number of hydrogen-bond acceptors (Lipinski definition) is 4. The summed E-state index contributed by atoms with van der Waals surface area (Å²) in [5.41, 5.74) is 1.52. The van der Waals surface area contributed by atoms with Crippen LogP contribution < -0.4 is 0 Å². The first-order chi connectivity index (χ1) is 16.0. The minimum Gasteiger partial charge on any atom is -0.382 e. The van der Waals surface area contributed by atoms with Gasteiger partial charge in [-0.25, -0.2) is 0 Å². The maximum absolute atomic E-state index is 6.62. The van der Waals surface area contributed by atoms with Gasteiger partial charge < -0.3 is 18.9 Å². The van der Waals surface area contributed by atoms with Crippen LogP contribution in [0, 0.1) is 29.1 Å². The van der Waals surface area contributed by atoms with Gasteiger partial charge in [-0.3, -0.25) is 0 Å². The molecule has 0 N–H and O–H groups in total. The molecular weight excluding hydrogens is 412 g/mol. The van der Waals surface area contributed by atoms with Crippen LogP contribution in [0.1, 0.15) is 78.2 Å². The molecule has 33 heavy (non-hydrogen) atoms. The quantitative estimate of drug-likeness (QED) is 0.224. The SMILES string of the molecule is COCCOCO[C@H]1C[C@H]([C@H](C)CCCC(C)C)[C@@]2(C)CCC[C@@H](OCc3ccccc3)[C@H]12. The highest BCUT2D eigenvalue weighted by molar-refractivity contribution is 5.14. The minimum atomic E-state index is 0.205. The number of benzene rings is 1. The summed E-state index contributed by atoms with van der Waals surface area (Å²) in [5.74, 6) is 2.61. The monoisotopic (exact) mass is 460 g/mol. The molecule has 2 aliphatic carbocycles. The maximum Gasteiger partial charge on any atom is 0.147 e. The number of fused-ring (bicyclic) bond motifs is 1. The van der Waals surface area contributed by atoms with E-state index in [1.165, 1.54) is 37.7 Å². The van der Waals surface area contributed by atoms with Crippen molar-refractivity contribution in [3.8, 4) is 0 Å². The van der Waals surface area contributed by atoms with Crippen molar-refractivity contribution in [3.63, 3.8) is 0 Å². The van der Waals surface area contributed by atoms with E-state index >= 15 is 0 Å². The van der Waals surface area contributed by atoms with Gasteiger partial charge in [0.2, 0.25) is 0 Å². The normalized spacial score (nSPS) is 30.5. The van der Waals surface area contributed by atoms with Crippen LogP contribution in [0.5, 0.6) is 0 Å². The second-order valence-corrected chi connectivity index (χ2v) is 11.1. The molecule has 3 rings (SSSR count). The second kappa shape index (κ2) is 13.2. The molecule has 188 valence electrons. The van der Waals surface area contributed by atoms with Crippen LogP contribution in [0.2, 0.25) is 0 Å². The van der Waals surface area contributed by atoms with E-state index in [0.29, 0.717) is 44.4 Å². The third-order valence-electron chi connectivity index (χ3n) is 8.33. The molecule has 1 aromatic rings. The van der Waals surface area contributed by atoms with Crippen molar-refractivity contribution in [1.29, 1.82) is 0 Å². The van der Waals surface area contributed by atoms with Gasteiger partial charge >= 0.3 is 0 Å². The number of rotatable bonds is 14. The first-order valence-corrected chi connectivity index (χ1v) is 13.3. The molecule has 4 nitrogen and oxygen atoms in total. The van der Waals surface area contributed by atoms with Crippen molar-refractivity contribution in [2.75, 3.05) is 27.1 Å². The molecule has 0 aliphatic heterocycles. The summed E-state index contributed by atoms with van der Waals surface area (Å²) in [5, 5.41) is 0. The van der Waals surface area contributed by atoms with Crippen molar-refractivity contribution in [2.24, 2.45) is 29.1 Å². The molecule has 0 bridgehead atoms. The van der Waals surface area contributed by atoms with E-state index in [-0.39, 0.29) is 17.6 Å². The van der Waals surface area contributed by atoms with Gasteiger partial charge in [0.15, 0.2) is 0 Å². The predicted molar refractivity (Wildman–Crippen MR) is 134 cm³/mol. The van der Waals surface area contributed by atoms with Crippen LogP contribution in [0.15, 0.2) is 30.3 Å². The van der Waals surface area contributed by atoms with E-state index < -0.39 is 0 Å². The molecule has 2 aliphatic rings. The van der Waals surface area contributed by atoms with Gasteiger partial charge in [0.25, 0.3) is 0 Å². The zero-order valence-electron chi connectivity index (χ0n) is 21.8. The molecule has 0 unspecified atom stereocenters. The average molecular weight is 461 g/mol. The smallest absolute Gasteiger partial charge is 0.147 e. The Morgan fingerprint density at radius 1 is 1.00 bits per heavy atom. The lowest BCUT2D eigenvalue weighted by Crippen LogP contribution is -2.46. The van der Waals surface area contributed by atoms with E-state index in [2.05, 4.69) is 58.0 Å².